The second kappa shape index (κ2) is 10.7. The van der Waals surface area contributed by atoms with Crippen LogP contribution in [0.15, 0.2) is 94.3 Å². The van der Waals surface area contributed by atoms with Crippen LogP contribution in [0.3, 0.4) is 0 Å². The van der Waals surface area contributed by atoms with E-state index in [0.717, 1.165) is 27.2 Å². The van der Waals surface area contributed by atoms with Gasteiger partial charge in [-0.2, -0.15) is 0 Å². The summed E-state index contributed by atoms with van der Waals surface area (Å²) in [5, 5.41) is 3.02. The average Bonchev–Trinajstić information content (AvgIpc) is 2.87. The van der Waals surface area contributed by atoms with Gasteiger partial charge in [0.2, 0.25) is 5.91 Å². The van der Waals surface area contributed by atoms with Gasteiger partial charge in [0, 0.05) is 29.6 Å². The second-order valence-electron chi connectivity index (χ2n) is 8.34. The molecule has 1 heterocycles. The molecular weight excluding hydrogens is 516 g/mol. The van der Waals surface area contributed by atoms with Crippen LogP contribution in [0.25, 0.3) is 0 Å². The van der Waals surface area contributed by atoms with Crippen molar-refractivity contribution in [2.24, 2.45) is 0 Å². The monoisotopic (exact) mass is 542 g/mol. The van der Waals surface area contributed by atoms with Gasteiger partial charge in [0.15, 0.2) is 0 Å². The van der Waals surface area contributed by atoms with Gasteiger partial charge in [0.1, 0.15) is 6.54 Å². The zero-order valence-corrected chi connectivity index (χ0v) is 21.1. The summed E-state index contributed by atoms with van der Waals surface area (Å²) in [6.45, 7) is 1.33. The molecule has 178 valence electrons. The Morgan fingerprint density at radius 1 is 0.941 bits per heavy atom. The molecule has 34 heavy (non-hydrogen) atoms. The Hall–Kier alpha value is -2.68. The average molecular weight is 543 g/mol. The highest BCUT2D eigenvalue weighted by Gasteiger charge is 2.35. The first-order valence-electron chi connectivity index (χ1n) is 11.1. The number of carbonyl (C=O) groups is 1. The quantitative estimate of drug-likeness (QED) is 0.454. The van der Waals surface area contributed by atoms with Crippen molar-refractivity contribution in [3.63, 3.8) is 0 Å². The Morgan fingerprint density at radius 3 is 2.24 bits per heavy atom. The van der Waals surface area contributed by atoms with Crippen molar-refractivity contribution < 1.29 is 17.9 Å². The number of hydrogen-bond acceptors (Lipinski definition) is 4. The van der Waals surface area contributed by atoms with E-state index in [1.807, 2.05) is 24.3 Å². The molecule has 0 atom stereocenters. The smallest absolute Gasteiger partial charge is 0.264 e. The first-order chi connectivity index (χ1) is 16.4. The first kappa shape index (κ1) is 24.4. The summed E-state index contributed by atoms with van der Waals surface area (Å²) >= 11 is 3.40. The maximum atomic E-state index is 13.5. The lowest BCUT2D eigenvalue weighted by atomic mass is 9.74. The molecular formula is C26H27BrN2O4S. The van der Waals surface area contributed by atoms with E-state index in [0.29, 0.717) is 25.4 Å². The van der Waals surface area contributed by atoms with E-state index in [1.165, 1.54) is 12.1 Å². The predicted molar refractivity (Wildman–Crippen MR) is 136 cm³/mol. The van der Waals surface area contributed by atoms with E-state index in [9.17, 15) is 13.2 Å². The van der Waals surface area contributed by atoms with Crippen molar-refractivity contribution in [3.8, 4) is 0 Å². The standard InChI is InChI=1S/C26H27BrN2O4S/c27-22-10-7-11-23(18-22)29(34(31,32)24-12-5-2-6-13-24)19-25(30)28-20-26(14-16-33-17-15-26)21-8-3-1-4-9-21/h1-13,18H,14-17,19-20H2,(H,28,30). The molecule has 0 bridgehead atoms. The van der Waals surface area contributed by atoms with Crippen molar-refractivity contribution in [1.82, 2.24) is 5.32 Å². The number of halogens is 1. The lowest BCUT2D eigenvalue weighted by molar-refractivity contribution is -0.120. The number of nitrogens with zero attached hydrogens (tertiary/aromatic N) is 1. The molecule has 3 aromatic carbocycles. The van der Waals surface area contributed by atoms with Crippen LogP contribution in [0, 0.1) is 0 Å². The van der Waals surface area contributed by atoms with Crippen molar-refractivity contribution in [1.29, 1.82) is 0 Å². The molecule has 0 saturated carbocycles. The Morgan fingerprint density at radius 2 is 1.59 bits per heavy atom. The molecule has 1 amide bonds. The van der Waals surface area contributed by atoms with Crippen LogP contribution in [-0.2, 0) is 25.0 Å². The van der Waals surface area contributed by atoms with E-state index in [2.05, 4.69) is 33.4 Å². The van der Waals surface area contributed by atoms with Crippen LogP contribution in [0.4, 0.5) is 5.69 Å². The largest absolute Gasteiger partial charge is 0.381 e. The summed E-state index contributed by atoms with van der Waals surface area (Å²) in [5.41, 5.74) is 1.32. The van der Waals surface area contributed by atoms with Crippen molar-refractivity contribution in [3.05, 3.63) is 95.0 Å². The summed E-state index contributed by atoms with van der Waals surface area (Å²) < 4.78 is 34.4. The molecule has 8 heteroatoms. The third-order valence-electron chi connectivity index (χ3n) is 6.17. The molecule has 0 radical (unpaired) electrons. The number of ether oxygens (including phenoxy) is 1. The van der Waals surface area contributed by atoms with Crippen LogP contribution in [0.2, 0.25) is 0 Å². The molecule has 1 saturated heterocycles. The summed E-state index contributed by atoms with van der Waals surface area (Å²) in [6.07, 6.45) is 1.57. The fourth-order valence-electron chi connectivity index (χ4n) is 4.24. The van der Waals surface area contributed by atoms with E-state index in [1.54, 1.807) is 36.4 Å². The number of rotatable bonds is 8. The van der Waals surface area contributed by atoms with Crippen LogP contribution in [-0.4, -0.2) is 40.6 Å². The number of sulfonamides is 1. The summed E-state index contributed by atoms with van der Waals surface area (Å²) in [5.74, 6) is -0.360. The SMILES string of the molecule is O=C(CN(c1cccc(Br)c1)S(=O)(=O)c1ccccc1)NCC1(c2ccccc2)CCOCC1. The van der Waals surface area contributed by atoms with Gasteiger partial charge in [-0.25, -0.2) is 8.42 Å². The number of benzene rings is 3. The zero-order chi connectivity index (χ0) is 24.0. The van der Waals surface area contributed by atoms with Gasteiger partial charge in [0.25, 0.3) is 10.0 Å². The molecule has 1 fully saturated rings. The molecule has 1 aliphatic rings. The fraction of sp³-hybridized carbons (Fsp3) is 0.269. The Kier molecular flexibility index (Phi) is 7.70. The highest BCUT2D eigenvalue weighted by Crippen LogP contribution is 2.34. The molecule has 3 aromatic rings. The molecule has 1 aliphatic heterocycles. The highest BCUT2D eigenvalue weighted by atomic mass is 79.9. The third kappa shape index (κ3) is 5.51. The van der Waals surface area contributed by atoms with Crippen molar-refractivity contribution in [2.45, 2.75) is 23.2 Å². The lowest BCUT2D eigenvalue weighted by Crippen LogP contribution is -2.48. The molecule has 6 nitrogen and oxygen atoms in total. The lowest BCUT2D eigenvalue weighted by Gasteiger charge is -2.38. The molecule has 4 rings (SSSR count). The maximum Gasteiger partial charge on any atom is 0.264 e. The minimum Gasteiger partial charge on any atom is -0.381 e. The van der Waals surface area contributed by atoms with Crippen LogP contribution >= 0.6 is 15.9 Å². The van der Waals surface area contributed by atoms with E-state index >= 15 is 0 Å². The van der Waals surface area contributed by atoms with Gasteiger partial charge in [-0.3, -0.25) is 9.10 Å². The Bertz CT molecular complexity index is 1210. The van der Waals surface area contributed by atoms with Gasteiger partial charge >= 0.3 is 0 Å². The number of amides is 1. The van der Waals surface area contributed by atoms with Crippen LogP contribution in [0.1, 0.15) is 18.4 Å². The summed E-state index contributed by atoms with van der Waals surface area (Å²) in [4.78, 5) is 13.3. The highest BCUT2D eigenvalue weighted by molar-refractivity contribution is 9.10. The van der Waals surface area contributed by atoms with E-state index in [-0.39, 0.29) is 22.8 Å². The topological polar surface area (TPSA) is 75.7 Å². The Labute approximate surface area is 209 Å². The normalized spacial score (nSPS) is 15.4. The minimum absolute atomic E-state index is 0.132. The number of carbonyl (C=O) groups excluding carboxylic acids is 1. The number of nitrogens with one attached hydrogen (secondary N) is 1. The van der Waals surface area contributed by atoms with E-state index in [4.69, 9.17) is 4.74 Å². The molecule has 0 spiro atoms. The van der Waals surface area contributed by atoms with Gasteiger partial charge in [0.05, 0.1) is 10.6 Å². The Balaban J connectivity index is 1.57. The number of hydrogen-bond donors (Lipinski definition) is 1. The molecule has 1 N–H and O–H groups in total. The predicted octanol–water partition coefficient (Wildman–Crippen LogP) is 4.51. The van der Waals surface area contributed by atoms with Gasteiger partial charge in [-0.05, 0) is 48.7 Å². The van der Waals surface area contributed by atoms with Crippen LogP contribution in [0.5, 0.6) is 0 Å². The molecule has 0 aromatic heterocycles. The third-order valence-corrected chi connectivity index (χ3v) is 8.46. The molecule has 0 unspecified atom stereocenters. The first-order valence-corrected chi connectivity index (χ1v) is 13.4. The van der Waals surface area contributed by atoms with Crippen LogP contribution < -0.4 is 9.62 Å². The second-order valence-corrected chi connectivity index (χ2v) is 11.1. The van der Waals surface area contributed by atoms with Gasteiger partial charge < -0.3 is 10.1 Å². The fourth-order valence-corrected chi connectivity index (χ4v) is 6.06. The van der Waals surface area contributed by atoms with E-state index < -0.39 is 10.0 Å². The molecule has 0 aliphatic carbocycles. The summed E-state index contributed by atoms with van der Waals surface area (Å²) in [6, 6.07) is 25.2. The van der Waals surface area contributed by atoms with Crippen molar-refractivity contribution >= 4 is 37.5 Å². The maximum absolute atomic E-state index is 13.5. The number of anilines is 1. The van der Waals surface area contributed by atoms with Gasteiger partial charge in [-0.15, -0.1) is 0 Å². The summed E-state index contributed by atoms with van der Waals surface area (Å²) in [7, 11) is -3.94. The zero-order valence-electron chi connectivity index (χ0n) is 18.7. The minimum atomic E-state index is -3.94. The van der Waals surface area contributed by atoms with Gasteiger partial charge in [-0.1, -0.05) is 70.5 Å². The van der Waals surface area contributed by atoms with Crippen molar-refractivity contribution in [2.75, 3.05) is 30.6 Å².